The summed E-state index contributed by atoms with van der Waals surface area (Å²) in [5.41, 5.74) is 2.38. The number of fused-ring (bicyclic) bond motifs is 3. The first-order valence-electron chi connectivity index (χ1n) is 5.16. The highest BCUT2D eigenvalue weighted by Gasteiger charge is 2.36. The van der Waals surface area contributed by atoms with Gasteiger partial charge in [-0.05, 0) is 21.9 Å². The van der Waals surface area contributed by atoms with Gasteiger partial charge in [-0.15, -0.1) is 0 Å². The van der Waals surface area contributed by atoms with E-state index in [4.69, 9.17) is 5.26 Å². The zero-order chi connectivity index (χ0) is 11.1. The molecule has 3 heterocycles. The second-order valence-electron chi connectivity index (χ2n) is 3.99. The molecular weight excluding hydrogens is 219 g/mol. The molecule has 0 aromatic carbocycles. The van der Waals surface area contributed by atoms with Gasteiger partial charge in [0, 0.05) is 29.6 Å². The molecule has 0 saturated carbocycles. The molecule has 2 aliphatic rings. The average Bonchev–Trinajstić information content (AvgIpc) is 2.64. The van der Waals surface area contributed by atoms with Gasteiger partial charge in [0.05, 0.1) is 6.07 Å². The summed E-state index contributed by atoms with van der Waals surface area (Å²) in [6, 6.07) is 6.20. The number of nitrogens with one attached hydrogen (secondary N) is 1. The predicted molar refractivity (Wildman–Crippen MR) is 64.4 cm³/mol. The van der Waals surface area contributed by atoms with Gasteiger partial charge in [0.15, 0.2) is 0 Å². The molecule has 0 fully saturated rings. The van der Waals surface area contributed by atoms with Crippen molar-refractivity contribution in [3.8, 4) is 6.07 Å². The van der Waals surface area contributed by atoms with Crippen molar-refractivity contribution >= 4 is 15.2 Å². The maximum atomic E-state index is 8.95. The minimum atomic E-state index is -0.0988. The fourth-order valence-electron chi connectivity index (χ4n) is 2.33. The monoisotopic (exact) mass is 230 g/mol. The van der Waals surface area contributed by atoms with Gasteiger partial charge in [-0.1, -0.05) is 6.07 Å². The van der Waals surface area contributed by atoms with Crippen molar-refractivity contribution in [3.63, 3.8) is 0 Å². The number of allylic oxidation sites excluding steroid dienone is 1. The van der Waals surface area contributed by atoms with Crippen LogP contribution in [0.1, 0.15) is 17.9 Å². The predicted octanol–water partition coefficient (Wildman–Crippen LogP) is 1.50. The molecule has 0 saturated heterocycles. The number of nitrogens with zero attached hydrogens (tertiary/aromatic N) is 3. The van der Waals surface area contributed by atoms with E-state index < -0.39 is 0 Å². The Bertz CT molecular complexity index is 505. The molecule has 3 unspecified atom stereocenters. The van der Waals surface area contributed by atoms with Crippen LogP contribution in [-0.2, 0) is 0 Å². The Morgan fingerprint density at radius 2 is 2.50 bits per heavy atom. The van der Waals surface area contributed by atoms with Crippen molar-refractivity contribution in [2.45, 2.75) is 18.4 Å². The topological polar surface area (TPSA) is 52.0 Å². The van der Waals surface area contributed by atoms with E-state index in [9.17, 15) is 0 Å². The number of anilines is 1. The maximum Gasteiger partial charge on any atom is 0.139 e. The molecular formula is C11H11N4P. The summed E-state index contributed by atoms with van der Waals surface area (Å²) in [5, 5.41) is 12.0. The van der Waals surface area contributed by atoms with Crippen LogP contribution in [0.4, 0.5) is 5.82 Å². The van der Waals surface area contributed by atoms with Gasteiger partial charge in [-0.2, -0.15) is 5.26 Å². The third-order valence-corrected chi connectivity index (χ3v) is 3.66. The van der Waals surface area contributed by atoms with Gasteiger partial charge >= 0.3 is 0 Å². The van der Waals surface area contributed by atoms with Crippen LogP contribution in [0.3, 0.4) is 0 Å². The van der Waals surface area contributed by atoms with Crippen molar-refractivity contribution < 1.29 is 0 Å². The van der Waals surface area contributed by atoms with Crippen LogP contribution >= 0.6 is 9.39 Å². The SMILES string of the molecule is N#CC1CC2C(=CN1)N(P)c1ncccc12. The zero-order valence-corrected chi connectivity index (χ0v) is 9.74. The summed E-state index contributed by atoms with van der Waals surface area (Å²) in [5.74, 6) is 1.27. The molecule has 0 aliphatic carbocycles. The highest BCUT2D eigenvalue weighted by atomic mass is 31.0. The van der Waals surface area contributed by atoms with E-state index in [1.807, 2.05) is 16.9 Å². The molecule has 2 aliphatic heterocycles. The number of nitriles is 1. The number of hydrogen-bond donors (Lipinski definition) is 1. The minimum absolute atomic E-state index is 0.0988. The molecule has 16 heavy (non-hydrogen) atoms. The lowest BCUT2D eigenvalue weighted by Crippen LogP contribution is -2.31. The Hall–Kier alpha value is -1.59. The van der Waals surface area contributed by atoms with Crippen molar-refractivity contribution in [1.82, 2.24) is 10.3 Å². The number of pyridine rings is 1. The van der Waals surface area contributed by atoms with Crippen molar-refractivity contribution in [2.24, 2.45) is 0 Å². The Kier molecular flexibility index (Phi) is 2.08. The molecule has 1 aromatic rings. The fraction of sp³-hybridized carbons (Fsp3) is 0.273. The van der Waals surface area contributed by atoms with E-state index in [1.165, 1.54) is 11.3 Å². The quantitative estimate of drug-likeness (QED) is 0.686. The highest BCUT2D eigenvalue weighted by Crippen LogP contribution is 2.47. The van der Waals surface area contributed by atoms with Gasteiger partial charge in [0.1, 0.15) is 11.9 Å². The van der Waals surface area contributed by atoms with Gasteiger partial charge < -0.3 is 9.99 Å². The molecule has 1 aromatic heterocycles. The van der Waals surface area contributed by atoms with Crippen LogP contribution in [0.15, 0.2) is 30.2 Å². The lowest BCUT2D eigenvalue weighted by molar-refractivity contribution is 0.564. The minimum Gasteiger partial charge on any atom is -0.374 e. The molecule has 4 nitrogen and oxygen atoms in total. The molecule has 0 radical (unpaired) electrons. The lowest BCUT2D eigenvalue weighted by atomic mass is 9.91. The Morgan fingerprint density at radius 3 is 3.31 bits per heavy atom. The summed E-state index contributed by atoms with van der Waals surface area (Å²) in [4.78, 5) is 4.37. The van der Waals surface area contributed by atoms with Crippen LogP contribution in [0.5, 0.6) is 0 Å². The molecule has 0 amide bonds. The highest BCUT2D eigenvalue weighted by molar-refractivity contribution is 7.19. The standard InChI is InChI=1S/C11H11N4P/c12-5-7-4-9-8-2-1-3-13-11(8)15(16)10(9)6-14-7/h1-3,6-7,9,14H,4,16H2. The average molecular weight is 230 g/mol. The smallest absolute Gasteiger partial charge is 0.139 e. The number of hydrogen-bond acceptors (Lipinski definition) is 4. The van der Waals surface area contributed by atoms with E-state index >= 15 is 0 Å². The van der Waals surface area contributed by atoms with E-state index in [1.54, 1.807) is 6.20 Å². The Morgan fingerprint density at radius 1 is 1.62 bits per heavy atom. The lowest BCUT2D eigenvalue weighted by Gasteiger charge is -2.25. The molecule has 1 N–H and O–H groups in total. The largest absolute Gasteiger partial charge is 0.374 e. The molecule has 3 rings (SSSR count). The van der Waals surface area contributed by atoms with Crippen LogP contribution in [0.2, 0.25) is 0 Å². The first-order valence-corrected chi connectivity index (χ1v) is 5.68. The van der Waals surface area contributed by atoms with E-state index in [2.05, 4.69) is 31.8 Å². The normalized spacial score (nSPS) is 26.2. The second-order valence-corrected chi connectivity index (χ2v) is 4.51. The first-order chi connectivity index (χ1) is 7.81. The van der Waals surface area contributed by atoms with Crippen LogP contribution < -0.4 is 9.99 Å². The maximum absolute atomic E-state index is 8.95. The first kappa shape index (κ1) is 9.62. The zero-order valence-electron chi connectivity index (χ0n) is 8.59. The van der Waals surface area contributed by atoms with E-state index in [-0.39, 0.29) is 6.04 Å². The molecule has 80 valence electrons. The Balaban J connectivity index is 2.08. The summed E-state index contributed by atoms with van der Waals surface area (Å²) in [6.45, 7) is 0. The van der Waals surface area contributed by atoms with Crippen molar-refractivity contribution in [2.75, 3.05) is 4.67 Å². The third kappa shape index (κ3) is 1.22. The van der Waals surface area contributed by atoms with Gasteiger partial charge in [-0.25, -0.2) is 4.98 Å². The van der Waals surface area contributed by atoms with Crippen LogP contribution in [0.25, 0.3) is 0 Å². The summed E-state index contributed by atoms with van der Waals surface area (Å²) < 4.78 is 2.01. The fourth-order valence-corrected chi connectivity index (χ4v) is 2.80. The summed E-state index contributed by atoms with van der Waals surface area (Å²) in [7, 11) is 2.68. The van der Waals surface area contributed by atoms with E-state index in [0.717, 1.165) is 12.2 Å². The van der Waals surface area contributed by atoms with Crippen LogP contribution in [-0.4, -0.2) is 11.0 Å². The molecule has 0 bridgehead atoms. The van der Waals surface area contributed by atoms with Gasteiger partial charge in [0.2, 0.25) is 0 Å². The van der Waals surface area contributed by atoms with Gasteiger partial charge in [-0.3, -0.25) is 0 Å². The van der Waals surface area contributed by atoms with Crippen LogP contribution in [0, 0.1) is 11.3 Å². The number of aromatic nitrogens is 1. The second kappa shape index (κ2) is 3.47. The molecule has 0 spiro atoms. The summed E-state index contributed by atoms with van der Waals surface area (Å²) >= 11 is 0. The third-order valence-electron chi connectivity index (χ3n) is 3.12. The molecule has 5 heteroatoms. The molecule has 3 atom stereocenters. The Labute approximate surface area is 96.2 Å². The van der Waals surface area contributed by atoms with Crippen molar-refractivity contribution in [3.05, 3.63) is 35.8 Å². The number of rotatable bonds is 0. The summed E-state index contributed by atoms with van der Waals surface area (Å²) in [6.07, 6.45) is 4.53. The van der Waals surface area contributed by atoms with E-state index in [0.29, 0.717) is 5.92 Å². The van der Waals surface area contributed by atoms with Crippen molar-refractivity contribution in [1.29, 1.82) is 5.26 Å². The van der Waals surface area contributed by atoms with Gasteiger partial charge in [0.25, 0.3) is 0 Å².